The van der Waals surface area contributed by atoms with Crippen LogP contribution in [0.15, 0.2) is 60.7 Å². The Labute approximate surface area is 124 Å². The molecule has 0 radical (unpaired) electrons. The molecule has 0 aliphatic carbocycles. The summed E-state index contributed by atoms with van der Waals surface area (Å²) in [4.78, 5) is 11.8. The lowest BCUT2D eigenvalue weighted by Gasteiger charge is -2.17. The van der Waals surface area contributed by atoms with Crippen molar-refractivity contribution in [1.29, 1.82) is 0 Å². The number of aliphatic hydroxyl groups is 1. The monoisotopic (exact) mass is 285 g/mol. The van der Waals surface area contributed by atoms with Crippen molar-refractivity contribution in [3.8, 4) is 0 Å². The number of rotatable bonds is 6. The van der Waals surface area contributed by atoms with Gasteiger partial charge in [-0.3, -0.25) is 0 Å². The maximum absolute atomic E-state index is 11.8. The fourth-order valence-electron chi connectivity index (χ4n) is 1.99. The second-order valence-corrected chi connectivity index (χ2v) is 4.89. The minimum atomic E-state index is -1.33. The van der Waals surface area contributed by atoms with E-state index in [1.165, 1.54) is 0 Å². The van der Waals surface area contributed by atoms with Crippen LogP contribution in [-0.2, 0) is 22.6 Å². The largest absolute Gasteiger partial charge is 0.459 e. The van der Waals surface area contributed by atoms with Crippen LogP contribution < -0.4 is 5.73 Å². The summed E-state index contributed by atoms with van der Waals surface area (Å²) < 4.78 is 5.08. The van der Waals surface area contributed by atoms with E-state index in [0.29, 0.717) is 6.42 Å². The van der Waals surface area contributed by atoms with Gasteiger partial charge in [-0.05, 0) is 17.5 Å². The molecule has 4 nitrogen and oxygen atoms in total. The van der Waals surface area contributed by atoms with Gasteiger partial charge in [-0.25, -0.2) is 4.79 Å². The molecular weight excluding hydrogens is 266 g/mol. The summed E-state index contributed by atoms with van der Waals surface area (Å²) in [6.45, 7) is 0.134. The van der Waals surface area contributed by atoms with Gasteiger partial charge in [0.1, 0.15) is 6.61 Å². The van der Waals surface area contributed by atoms with Crippen LogP contribution >= 0.6 is 0 Å². The molecule has 0 aromatic heterocycles. The zero-order valence-corrected chi connectivity index (χ0v) is 11.7. The predicted octanol–water partition coefficient (Wildman–Crippen LogP) is 1.66. The lowest BCUT2D eigenvalue weighted by atomic mass is 10.0. The first-order valence-corrected chi connectivity index (χ1v) is 6.85. The summed E-state index contributed by atoms with van der Waals surface area (Å²) >= 11 is 0. The Balaban J connectivity index is 1.84. The highest BCUT2D eigenvalue weighted by Crippen LogP contribution is 2.07. The van der Waals surface area contributed by atoms with Gasteiger partial charge in [0.05, 0.1) is 0 Å². The highest BCUT2D eigenvalue weighted by Gasteiger charge is 2.24. The minimum absolute atomic E-state index is 0.134. The molecule has 0 spiro atoms. The van der Waals surface area contributed by atoms with E-state index in [1.807, 2.05) is 60.7 Å². The highest BCUT2D eigenvalue weighted by molar-refractivity contribution is 5.75. The Morgan fingerprint density at radius 2 is 1.52 bits per heavy atom. The molecule has 0 amide bonds. The lowest BCUT2D eigenvalue weighted by Crippen LogP contribution is -2.42. The Morgan fingerprint density at radius 3 is 2.10 bits per heavy atom. The third-order valence-corrected chi connectivity index (χ3v) is 3.19. The van der Waals surface area contributed by atoms with Gasteiger partial charge in [-0.15, -0.1) is 0 Å². The van der Waals surface area contributed by atoms with E-state index in [1.54, 1.807) is 0 Å². The van der Waals surface area contributed by atoms with Gasteiger partial charge in [-0.2, -0.15) is 0 Å². The fourth-order valence-corrected chi connectivity index (χ4v) is 1.99. The highest BCUT2D eigenvalue weighted by atomic mass is 16.5. The van der Waals surface area contributed by atoms with E-state index in [0.717, 1.165) is 11.1 Å². The second-order valence-electron chi connectivity index (χ2n) is 4.89. The first-order chi connectivity index (χ1) is 10.2. The zero-order chi connectivity index (χ0) is 15.1. The summed E-state index contributed by atoms with van der Waals surface area (Å²) in [6.07, 6.45) is -0.906. The maximum atomic E-state index is 11.8. The molecule has 3 N–H and O–H groups in total. The van der Waals surface area contributed by atoms with Gasteiger partial charge in [0.2, 0.25) is 0 Å². The van der Waals surface area contributed by atoms with Crippen LogP contribution in [0.5, 0.6) is 0 Å². The van der Waals surface area contributed by atoms with Crippen LogP contribution in [-0.4, -0.2) is 23.2 Å². The van der Waals surface area contributed by atoms with Crippen molar-refractivity contribution in [2.24, 2.45) is 5.73 Å². The number of carbonyl (C=O) groups is 1. The molecule has 0 aliphatic rings. The van der Waals surface area contributed by atoms with Gasteiger partial charge >= 0.3 is 5.97 Å². The van der Waals surface area contributed by atoms with Gasteiger partial charge in [0, 0.05) is 6.04 Å². The molecule has 21 heavy (non-hydrogen) atoms. The van der Waals surface area contributed by atoms with Crippen LogP contribution in [0, 0.1) is 0 Å². The van der Waals surface area contributed by atoms with E-state index in [4.69, 9.17) is 10.5 Å². The third kappa shape index (κ3) is 4.70. The average Bonchev–Trinajstić information content (AvgIpc) is 2.53. The molecule has 2 rings (SSSR count). The molecule has 0 fully saturated rings. The molecule has 0 saturated carbocycles. The number of hydrogen-bond acceptors (Lipinski definition) is 4. The first-order valence-electron chi connectivity index (χ1n) is 6.85. The van der Waals surface area contributed by atoms with Crippen molar-refractivity contribution in [3.63, 3.8) is 0 Å². The summed E-state index contributed by atoms with van der Waals surface area (Å²) in [5.41, 5.74) is 7.71. The van der Waals surface area contributed by atoms with Crippen molar-refractivity contribution >= 4 is 5.97 Å². The van der Waals surface area contributed by atoms with Crippen LogP contribution in [0.2, 0.25) is 0 Å². The van der Waals surface area contributed by atoms with Gasteiger partial charge in [0.25, 0.3) is 0 Å². The smallest absolute Gasteiger partial charge is 0.336 e. The summed E-state index contributed by atoms with van der Waals surface area (Å²) in [5.74, 6) is -0.692. The zero-order valence-electron chi connectivity index (χ0n) is 11.7. The third-order valence-electron chi connectivity index (χ3n) is 3.19. The summed E-state index contributed by atoms with van der Waals surface area (Å²) in [6, 6.07) is 18.1. The van der Waals surface area contributed by atoms with Crippen molar-refractivity contribution in [2.45, 2.75) is 25.2 Å². The second kappa shape index (κ2) is 7.57. The van der Waals surface area contributed by atoms with E-state index in [2.05, 4.69) is 0 Å². The number of carbonyl (C=O) groups excluding carboxylic acids is 1. The van der Waals surface area contributed by atoms with Gasteiger partial charge < -0.3 is 15.6 Å². The van der Waals surface area contributed by atoms with Crippen molar-refractivity contribution in [3.05, 3.63) is 71.8 Å². The van der Waals surface area contributed by atoms with Crippen LogP contribution in [0.3, 0.4) is 0 Å². The lowest BCUT2D eigenvalue weighted by molar-refractivity contribution is -0.156. The molecule has 0 unspecified atom stereocenters. The molecule has 4 heteroatoms. The fraction of sp³-hybridized carbons (Fsp3) is 0.235. The molecule has 0 heterocycles. The van der Waals surface area contributed by atoms with Gasteiger partial charge in [0.15, 0.2) is 6.10 Å². The Morgan fingerprint density at radius 1 is 1.00 bits per heavy atom. The molecule has 2 atom stereocenters. The molecule has 0 saturated heterocycles. The molecule has 110 valence electrons. The van der Waals surface area contributed by atoms with Crippen LogP contribution in [0.4, 0.5) is 0 Å². The standard InChI is InChI=1S/C17H19NO3/c18-15(11-13-7-3-1-4-8-13)16(19)17(20)21-12-14-9-5-2-6-10-14/h1-10,15-16,19H,11-12,18H2/t15-,16-/m1/s1. The normalized spacial score (nSPS) is 13.4. The van der Waals surface area contributed by atoms with Gasteiger partial charge in [-0.1, -0.05) is 60.7 Å². The van der Waals surface area contributed by atoms with E-state index >= 15 is 0 Å². The van der Waals surface area contributed by atoms with Crippen LogP contribution in [0.25, 0.3) is 0 Å². The Kier molecular flexibility index (Phi) is 5.49. The predicted molar refractivity (Wildman–Crippen MR) is 80.4 cm³/mol. The maximum Gasteiger partial charge on any atom is 0.336 e. The number of benzene rings is 2. The number of hydrogen-bond donors (Lipinski definition) is 2. The number of ether oxygens (including phenoxy) is 1. The Hall–Kier alpha value is -2.17. The molecule has 0 aliphatic heterocycles. The van der Waals surface area contributed by atoms with E-state index in [9.17, 15) is 9.90 Å². The number of esters is 1. The molecular formula is C17H19NO3. The average molecular weight is 285 g/mol. The van der Waals surface area contributed by atoms with E-state index in [-0.39, 0.29) is 6.61 Å². The first kappa shape index (κ1) is 15.2. The molecule has 0 bridgehead atoms. The quantitative estimate of drug-likeness (QED) is 0.792. The van der Waals surface area contributed by atoms with E-state index < -0.39 is 18.1 Å². The number of nitrogens with two attached hydrogens (primary N) is 1. The topological polar surface area (TPSA) is 72.5 Å². The molecule has 2 aromatic rings. The SMILES string of the molecule is N[C@H](Cc1ccccc1)[C@@H](O)C(=O)OCc1ccccc1. The Bertz CT molecular complexity index is 557. The van der Waals surface area contributed by atoms with Crippen LogP contribution in [0.1, 0.15) is 11.1 Å². The summed E-state index contributed by atoms with van der Waals surface area (Å²) in [5, 5.41) is 9.93. The van der Waals surface area contributed by atoms with Crippen molar-refractivity contribution in [2.75, 3.05) is 0 Å². The summed E-state index contributed by atoms with van der Waals surface area (Å²) in [7, 11) is 0. The number of aliphatic hydroxyl groups excluding tert-OH is 1. The molecule has 2 aromatic carbocycles. The minimum Gasteiger partial charge on any atom is -0.459 e. The van der Waals surface area contributed by atoms with Crippen molar-refractivity contribution in [1.82, 2.24) is 0 Å². The van der Waals surface area contributed by atoms with Crippen molar-refractivity contribution < 1.29 is 14.6 Å².